The lowest BCUT2D eigenvalue weighted by atomic mass is 9.91. The first kappa shape index (κ1) is 31.0. The molecule has 1 aliphatic carbocycles. The SMILES string of the molecule is Cc1ccc(S(=O)(=O)Oc2ccc(C(C(=O)OC(C)(C)C)C(N)C(=O)OCC3c4ccccc4-c4ccccc43)cc2)cc1. The quantitative estimate of drug-likeness (QED) is 0.184. The Morgan fingerprint density at radius 2 is 1.34 bits per heavy atom. The van der Waals surface area contributed by atoms with Crippen LogP contribution in [0.3, 0.4) is 0 Å². The van der Waals surface area contributed by atoms with Crippen molar-refractivity contribution in [2.24, 2.45) is 5.73 Å². The average molecular weight is 614 g/mol. The molecule has 0 heterocycles. The van der Waals surface area contributed by atoms with Crippen LogP contribution in [0.1, 0.15) is 54.9 Å². The number of benzene rings is 4. The van der Waals surface area contributed by atoms with Crippen LogP contribution < -0.4 is 9.92 Å². The lowest BCUT2D eigenvalue weighted by Gasteiger charge is -2.27. The van der Waals surface area contributed by atoms with E-state index in [9.17, 15) is 18.0 Å². The first-order valence-corrected chi connectivity index (χ1v) is 15.7. The molecule has 5 rings (SSSR count). The molecule has 4 aromatic carbocycles. The first-order valence-electron chi connectivity index (χ1n) is 14.3. The number of carbonyl (C=O) groups excluding carboxylic acids is 2. The maximum Gasteiger partial charge on any atom is 0.339 e. The first-order chi connectivity index (χ1) is 20.8. The topological polar surface area (TPSA) is 122 Å². The van der Waals surface area contributed by atoms with Crippen LogP contribution in [-0.4, -0.2) is 38.6 Å². The molecule has 0 saturated carbocycles. The minimum atomic E-state index is -4.08. The highest BCUT2D eigenvalue weighted by molar-refractivity contribution is 7.87. The molecule has 0 saturated heterocycles. The maximum absolute atomic E-state index is 13.4. The molecule has 1 aliphatic rings. The summed E-state index contributed by atoms with van der Waals surface area (Å²) in [6.45, 7) is 7.05. The third-order valence-corrected chi connectivity index (χ3v) is 8.66. The number of fused-ring (bicyclic) bond motifs is 3. The molecule has 2 N–H and O–H groups in total. The Bertz CT molecular complexity index is 1730. The van der Waals surface area contributed by atoms with Gasteiger partial charge in [-0.05, 0) is 79.8 Å². The summed E-state index contributed by atoms with van der Waals surface area (Å²) < 4.78 is 42.2. The molecule has 0 fully saturated rings. The largest absolute Gasteiger partial charge is 0.463 e. The van der Waals surface area contributed by atoms with E-state index in [1.54, 1.807) is 32.9 Å². The van der Waals surface area contributed by atoms with Crippen molar-refractivity contribution >= 4 is 22.1 Å². The monoisotopic (exact) mass is 613 g/mol. The third-order valence-electron chi connectivity index (χ3n) is 7.40. The second kappa shape index (κ2) is 12.3. The fraction of sp³-hybridized carbons (Fsp3) is 0.257. The summed E-state index contributed by atoms with van der Waals surface area (Å²) in [4.78, 5) is 26.8. The standard InChI is InChI=1S/C35H35NO7S/c1-22-13-19-25(20-14-22)44(39,40)43-24-17-15-23(16-18-24)31(33(37)42-35(2,3)4)32(36)34(38)41-21-30-28-11-7-5-9-26(28)27-10-6-8-12-29(27)30/h5-20,30-32H,21,36H2,1-4H3. The van der Waals surface area contributed by atoms with Crippen molar-refractivity contribution in [3.05, 3.63) is 119 Å². The maximum atomic E-state index is 13.4. The van der Waals surface area contributed by atoms with Crippen molar-refractivity contribution in [1.29, 1.82) is 0 Å². The van der Waals surface area contributed by atoms with Gasteiger partial charge in [0.1, 0.15) is 34.8 Å². The highest BCUT2D eigenvalue weighted by atomic mass is 32.2. The Morgan fingerprint density at radius 3 is 1.89 bits per heavy atom. The van der Waals surface area contributed by atoms with Crippen LogP contribution in [0, 0.1) is 6.92 Å². The van der Waals surface area contributed by atoms with E-state index in [2.05, 4.69) is 0 Å². The van der Waals surface area contributed by atoms with E-state index in [4.69, 9.17) is 19.4 Å². The van der Waals surface area contributed by atoms with Gasteiger partial charge in [-0.1, -0.05) is 78.4 Å². The van der Waals surface area contributed by atoms with Gasteiger partial charge in [-0.2, -0.15) is 8.42 Å². The molecule has 8 nitrogen and oxygen atoms in total. The van der Waals surface area contributed by atoms with Crippen molar-refractivity contribution in [3.63, 3.8) is 0 Å². The minimum absolute atomic E-state index is 0.0103. The molecule has 228 valence electrons. The predicted octanol–water partition coefficient (Wildman–Crippen LogP) is 5.87. The molecular formula is C35H35NO7S. The average Bonchev–Trinajstić information content (AvgIpc) is 3.29. The highest BCUT2D eigenvalue weighted by Crippen LogP contribution is 2.44. The van der Waals surface area contributed by atoms with Gasteiger partial charge in [-0.25, -0.2) is 0 Å². The summed E-state index contributed by atoms with van der Waals surface area (Å²) in [7, 11) is -4.08. The van der Waals surface area contributed by atoms with Crippen molar-refractivity contribution in [3.8, 4) is 16.9 Å². The molecule has 2 unspecified atom stereocenters. The summed E-state index contributed by atoms with van der Waals surface area (Å²) in [5, 5.41) is 0. The molecule has 44 heavy (non-hydrogen) atoms. The number of ether oxygens (including phenoxy) is 2. The van der Waals surface area contributed by atoms with E-state index in [-0.39, 0.29) is 23.2 Å². The Hall–Kier alpha value is -4.47. The summed E-state index contributed by atoms with van der Waals surface area (Å²) >= 11 is 0. The Morgan fingerprint density at radius 1 is 0.795 bits per heavy atom. The van der Waals surface area contributed by atoms with Crippen LogP contribution in [0.15, 0.2) is 102 Å². The van der Waals surface area contributed by atoms with Crippen molar-refractivity contribution in [2.75, 3.05) is 6.61 Å². The molecule has 0 radical (unpaired) electrons. The predicted molar refractivity (Wildman–Crippen MR) is 167 cm³/mol. The summed E-state index contributed by atoms with van der Waals surface area (Å²) in [5.41, 5.74) is 11.1. The molecular weight excluding hydrogens is 578 g/mol. The molecule has 4 aromatic rings. The Kier molecular flexibility index (Phi) is 8.63. The Labute approximate surface area is 257 Å². The summed E-state index contributed by atoms with van der Waals surface area (Å²) in [6.07, 6.45) is 0. The van der Waals surface area contributed by atoms with Crippen LogP contribution >= 0.6 is 0 Å². The van der Waals surface area contributed by atoms with Gasteiger partial charge >= 0.3 is 22.1 Å². The fourth-order valence-corrected chi connectivity index (χ4v) is 6.23. The van der Waals surface area contributed by atoms with Gasteiger partial charge in [0, 0.05) is 5.92 Å². The van der Waals surface area contributed by atoms with Crippen LogP contribution in [0.25, 0.3) is 11.1 Å². The van der Waals surface area contributed by atoms with Gasteiger partial charge < -0.3 is 19.4 Å². The van der Waals surface area contributed by atoms with E-state index in [1.165, 1.54) is 36.4 Å². The van der Waals surface area contributed by atoms with Crippen molar-refractivity contribution in [2.45, 2.75) is 56.1 Å². The van der Waals surface area contributed by atoms with Crippen LogP contribution in [0.4, 0.5) is 0 Å². The van der Waals surface area contributed by atoms with Crippen LogP contribution in [0.5, 0.6) is 5.75 Å². The molecule has 9 heteroatoms. The van der Waals surface area contributed by atoms with Gasteiger partial charge in [0.2, 0.25) is 0 Å². The van der Waals surface area contributed by atoms with Gasteiger partial charge in [-0.15, -0.1) is 0 Å². The molecule has 0 aliphatic heterocycles. The van der Waals surface area contributed by atoms with Crippen LogP contribution in [0.2, 0.25) is 0 Å². The van der Waals surface area contributed by atoms with E-state index in [0.717, 1.165) is 27.8 Å². The number of carbonyl (C=O) groups is 2. The lowest BCUT2D eigenvalue weighted by molar-refractivity contribution is -0.161. The van der Waals surface area contributed by atoms with Gasteiger partial charge in [0.25, 0.3) is 0 Å². The number of hydrogen-bond donors (Lipinski definition) is 1. The fourth-order valence-electron chi connectivity index (χ4n) is 5.30. The number of nitrogens with two attached hydrogens (primary N) is 1. The second-order valence-electron chi connectivity index (χ2n) is 11.8. The number of esters is 2. The van der Waals surface area contributed by atoms with Crippen molar-refractivity contribution in [1.82, 2.24) is 0 Å². The van der Waals surface area contributed by atoms with E-state index in [0.29, 0.717) is 5.56 Å². The van der Waals surface area contributed by atoms with E-state index >= 15 is 0 Å². The van der Waals surface area contributed by atoms with Crippen molar-refractivity contribution < 1.29 is 31.7 Å². The van der Waals surface area contributed by atoms with Gasteiger partial charge in [0.15, 0.2) is 0 Å². The number of rotatable bonds is 9. The molecule has 0 amide bonds. The number of aryl methyl sites for hydroxylation is 1. The van der Waals surface area contributed by atoms with E-state index < -0.39 is 39.6 Å². The second-order valence-corrected chi connectivity index (χ2v) is 13.4. The zero-order chi connectivity index (χ0) is 31.6. The molecule has 0 spiro atoms. The smallest absolute Gasteiger partial charge is 0.339 e. The molecule has 0 bridgehead atoms. The normalized spacial score (nSPS) is 14.2. The zero-order valence-corrected chi connectivity index (χ0v) is 25.8. The third kappa shape index (κ3) is 6.69. The summed E-state index contributed by atoms with van der Waals surface area (Å²) in [5.74, 6) is -2.82. The number of hydrogen-bond acceptors (Lipinski definition) is 8. The highest BCUT2D eigenvalue weighted by Gasteiger charge is 2.38. The molecule has 2 atom stereocenters. The minimum Gasteiger partial charge on any atom is -0.463 e. The van der Waals surface area contributed by atoms with Gasteiger partial charge in [-0.3, -0.25) is 9.59 Å². The summed E-state index contributed by atoms with van der Waals surface area (Å²) in [6, 6.07) is 26.6. The Balaban J connectivity index is 1.35. The van der Waals surface area contributed by atoms with E-state index in [1.807, 2.05) is 55.5 Å². The van der Waals surface area contributed by atoms with Crippen LogP contribution in [-0.2, 0) is 29.2 Å². The zero-order valence-electron chi connectivity index (χ0n) is 25.0. The molecule has 0 aromatic heterocycles. The van der Waals surface area contributed by atoms with Gasteiger partial charge in [0.05, 0.1) is 0 Å². The lowest BCUT2D eigenvalue weighted by Crippen LogP contribution is -2.44.